The van der Waals surface area contributed by atoms with Crippen molar-refractivity contribution in [2.24, 2.45) is 0 Å². The highest BCUT2D eigenvalue weighted by molar-refractivity contribution is 8.77. The van der Waals surface area contributed by atoms with E-state index in [1.54, 1.807) is 28.9 Å². The predicted molar refractivity (Wildman–Crippen MR) is 320 cm³/mol. The van der Waals surface area contributed by atoms with Crippen LogP contribution in [0.1, 0.15) is 124 Å². The number of allylic oxidation sites excluding steroid dienone is 6. The van der Waals surface area contributed by atoms with Crippen LogP contribution >= 0.6 is 66.6 Å². The summed E-state index contributed by atoms with van der Waals surface area (Å²) >= 11 is 0. The number of rotatable bonds is 29. The highest BCUT2D eigenvalue weighted by Crippen LogP contribution is 2.66. The van der Waals surface area contributed by atoms with Crippen LogP contribution in [0.5, 0.6) is 0 Å². The molecule has 78 heavy (non-hydrogen) atoms. The van der Waals surface area contributed by atoms with Crippen LogP contribution in [-0.4, -0.2) is 115 Å². The van der Waals surface area contributed by atoms with Gasteiger partial charge in [0.1, 0.15) is 31.1 Å². The summed E-state index contributed by atoms with van der Waals surface area (Å²) in [5.41, 5.74) is 10.1. The third-order valence-electron chi connectivity index (χ3n) is 12.8. The summed E-state index contributed by atoms with van der Waals surface area (Å²) in [7, 11) is -8.80. The van der Waals surface area contributed by atoms with E-state index < -0.39 is 48.3 Å². The number of fused-ring (bicyclic) bond motifs is 2. The van der Waals surface area contributed by atoms with Crippen LogP contribution in [-0.2, 0) is 56.7 Å². The van der Waals surface area contributed by atoms with Gasteiger partial charge in [0.05, 0.1) is 18.1 Å². The smallest absolute Gasteiger partial charge is 0.377 e. The van der Waals surface area contributed by atoms with Crippen molar-refractivity contribution >= 4 is 96.9 Å². The molecule has 0 saturated carbocycles. The Kier molecular flexibility index (Phi) is 24.8. The summed E-state index contributed by atoms with van der Waals surface area (Å²) in [6.45, 7) is 27.8. The van der Waals surface area contributed by atoms with Gasteiger partial charge in [0.15, 0.2) is 5.71 Å². The largest absolute Gasteiger partial charge is 0.490 e. The van der Waals surface area contributed by atoms with Crippen molar-refractivity contribution in [1.82, 2.24) is 5.32 Å². The minimum Gasteiger partial charge on any atom is -0.377 e. The Bertz CT molecular complexity index is 2750. The van der Waals surface area contributed by atoms with Crippen LogP contribution in [0.4, 0.5) is 11.4 Å². The quantitative estimate of drug-likeness (QED) is 0.00746. The normalized spacial score (nSPS) is 21.2. The second kappa shape index (κ2) is 28.9. The molecule has 0 bridgehead atoms. The molecule has 0 aromatic heterocycles. The summed E-state index contributed by atoms with van der Waals surface area (Å²) in [4.78, 5) is 52.5. The lowest BCUT2D eigenvalue weighted by molar-refractivity contribution is -0.438. The lowest BCUT2D eigenvalue weighted by Gasteiger charge is -2.25. The van der Waals surface area contributed by atoms with Crippen molar-refractivity contribution in [3.63, 3.8) is 0 Å². The first-order valence-electron chi connectivity index (χ1n) is 25.9. The van der Waals surface area contributed by atoms with Crippen molar-refractivity contribution in [1.29, 1.82) is 0 Å². The number of likely N-dealkylation sites (N-methyl/N-ethyl adjacent to an activating group) is 1. The Morgan fingerprint density at radius 1 is 0.897 bits per heavy atom. The maximum absolute atomic E-state index is 13.0. The summed E-state index contributed by atoms with van der Waals surface area (Å²) < 4.78 is 67.3. The lowest BCUT2D eigenvalue weighted by Crippen LogP contribution is -2.35. The van der Waals surface area contributed by atoms with Crippen molar-refractivity contribution in [3.05, 3.63) is 94.7 Å². The van der Waals surface area contributed by atoms with Crippen LogP contribution in [0.25, 0.3) is 0 Å². The SMILES string of the molecule is CCN1\C(=C/C=C/C=C/C2=[N+](CCCCCC(=O)NCC(C)(C)SSCOCC#C[B][C@H]3C[C@@H](OCSSC(C)(C)C)[C@@H](COP(=O)(O)OP(=O)(O)OP(=O)(O)O)O3)c3ccc(C)cc3C2(C)C)C(C)(C)c2cc(C)ccc21. The number of carbonyl (C=O) groups excluding carboxylic acids is 1. The number of unbranched alkanes of at least 4 members (excludes halogenated alkanes) is 2. The maximum Gasteiger partial charge on any atom is 0.490 e. The van der Waals surface area contributed by atoms with Crippen LogP contribution in [0, 0.1) is 25.6 Å². The average Bonchev–Trinajstić information content (AvgIpc) is 3.95. The Balaban J connectivity index is 1.02. The molecule has 3 aliphatic rings. The summed E-state index contributed by atoms with van der Waals surface area (Å²) in [5.74, 6) is 6.45. The number of amides is 1. The van der Waals surface area contributed by atoms with Gasteiger partial charge in [-0.15, -0.1) is 0 Å². The van der Waals surface area contributed by atoms with Crippen molar-refractivity contribution in [2.45, 2.75) is 154 Å². The molecule has 2 aromatic carbocycles. The van der Waals surface area contributed by atoms with E-state index in [2.05, 4.69) is 164 Å². The number of benzene rings is 2. The molecule has 1 radical (unpaired) electrons. The highest BCUT2D eigenvalue weighted by Gasteiger charge is 2.45. The molecule has 0 aliphatic carbocycles. The molecule has 1 fully saturated rings. The number of nitrogens with one attached hydrogen (secondary N) is 1. The first kappa shape index (κ1) is 66.7. The van der Waals surface area contributed by atoms with Gasteiger partial charge in [-0.3, -0.25) is 9.32 Å². The number of hydrogen-bond donors (Lipinski definition) is 5. The van der Waals surface area contributed by atoms with Crippen molar-refractivity contribution in [2.75, 3.05) is 49.6 Å². The minimum absolute atomic E-state index is 0.0340. The van der Waals surface area contributed by atoms with Gasteiger partial charge < -0.3 is 44.0 Å². The van der Waals surface area contributed by atoms with Gasteiger partial charge in [0.2, 0.25) is 11.6 Å². The number of carbonyl (C=O) groups is 1. The highest BCUT2D eigenvalue weighted by atomic mass is 33.1. The van der Waals surface area contributed by atoms with Crippen LogP contribution < -0.4 is 10.2 Å². The van der Waals surface area contributed by atoms with E-state index in [0.717, 1.165) is 32.4 Å². The van der Waals surface area contributed by atoms with E-state index in [9.17, 15) is 28.3 Å². The molecule has 0 spiro atoms. The van der Waals surface area contributed by atoms with E-state index >= 15 is 0 Å². The maximum atomic E-state index is 13.0. The summed E-state index contributed by atoms with van der Waals surface area (Å²) in [6.07, 6.45) is 12.9. The van der Waals surface area contributed by atoms with E-state index in [4.69, 9.17) is 28.5 Å². The number of aryl methyl sites for hydroxylation is 2. The Morgan fingerprint density at radius 3 is 2.28 bits per heavy atom. The van der Waals surface area contributed by atoms with Gasteiger partial charge in [0.25, 0.3) is 7.28 Å². The Hall–Kier alpha value is -2.09. The zero-order valence-corrected chi connectivity index (χ0v) is 52.8. The standard InChI is InChI=1S/C53H78BN3O14P3S4/c1-13-56-42-26-24-38(2)31-40(42)52(9,10)46(56)21-16-14-17-22-47-53(11,12)41-32-39(3)25-27-43(41)57(47)29-19-15-18-23-49(58)55-35-51(7,8)78-75-36-66-30-20-28-54-48-33-44(67-37-76-77-50(4,5)6)45(69-48)34-68-73(62,63)71-74(64,65)70-72(59,60)61/h14,16-17,21-22,24-27,31-32,44-45,48H,13,15,18-19,23,29-30,33-37H2,1-12H3,(H4-,55,58,59,60,61,62,63,64,65)/p+1/t44-,45-,48-/m1/s1. The molecular formula is C53H79BN3O14P3S4+. The molecule has 5 N–H and O–H groups in total. The average molecular weight is 1210 g/mol. The molecule has 3 aliphatic heterocycles. The third kappa shape index (κ3) is 20.7. The zero-order chi connectivity index (χ0) is 57.7. The van der Waals surface area contributed by atoms with E-state index in [1.807, 2.05) is 20.8 Å². The van der Waals surface area contributed by atoms with Gasteiger partial charge >= 0.3 is 23.5 Å². The molecular weight excluding hydrogens is 1130 g/mol. The molecule has 431 valence electrons. The first-order valence-corrected chi connectivity index (χ1v) is 35.0. The predicted octanol–water partition coefficient (Wildman–Crippen LogP) is 12.0. The number of phosphoric acid groups is 3. The molecule has 2 unspecified atom stereocenters. The number of ether oxygens (including phenoxy) is 3. The van der Waals surface area contributed by atoms with Gasteiger partial charge in [-0.1, -0.05) is 131 Å². The number of anilines is 1. The molecule has 3 heterocycles. The van der Waals surface area contributed by atoms with Crippen LogP contribution in [0.15, 0.2) is 72.5 Å². The first-order chi connectivity index (χ1) is 36.3. The van der Waals surface area contributed by atoms with E-state index in [0.29, 0.717) is 25.3 Å². The molecule has 17 nitrogen and oxygen atoms in total. The number of phosphoric ester groups is 1. The van der Waals surface area contributed by atoms with Gasteiger partial charge in [-0.05, 0) is 91.5 Å². The van der Waals surface area contributed by atoms with Gasteiger partial charge in [-0.25, -0.2) is 13.7 Å². The van der Waals surface area contributed by atoms with Crippen molar-refractivity contribution < 1.29 is 70.0 Å². The minimum atomic E-state index is -5.68. The molecule has 5 atom stereocenters. The molecule has 1 amide bonds. The summed E-state index contributed by atoms with van der Waals surface area (Å²) in [6, 6.07) is 12.9. The monoisotopic (exact) mass is 1210 g/mol. The summed E-state index contributed by atoms with van der Waals surface area (Å²) in [5, 5.41) is 3.12. The van der Waals surface area contributed by atoms with Crippen molar-refractivity contribution in [3.8, 4) is 11.7 Å². The molecule has 1 saturated heterocycles. The van der Waals surface area contributed by atoms with Crippen LogP contribution in [0.2, 0.25) is 0 Å². The second-order valence-electron chi connectivity index (χ2n) is 21.8. The fraction of sp³-hybridized carbons (Fsp3) is 0.585. The number of nitrogens with zero attached hydrogens (tertiary/aromatic N) is 2. The Labute approximate surface area is 479 Å². The Morgan fingerprint density at radius 2 is 1.59 bits per heavy atom. The zero-order valence-electron chi connectivity index (χ0n) is 46.9. The van der Waals surface area contributed by atoms with Gasteiger partial charge in [0, 0.05) is 75.9 Å². The fourth-order valence-corrected chi connectivity index (χ4v) is 16.3. The topological polar surface area (TPSA) is 223 Å². The molecule has 25 heteroatoms. The second-order valence-corrected chi connectivity index (χ2v) is 32.3. The van der Waals surface area contributed by atoms with Gasteiger partial charge in [-0.2, -0.15) is 19.0 Å². The van der Waals surface area contributed by atoms with E-state index in [1.165, 1.54) is 66.6 Å². The molecule has 5 rings (SSSR count). The lowest BCUT2D eigenvalue weighted by atomic mass is 9.71. The van der Waals surface area contributed by atoms with Crippen LogP contribution in [0.3, 0.4) is 0 Å². The third-order valence-corrected chi connectivity index (χ3v) is 22.6. The number of hydrogen-bond acceptors (Lipinski definition) is 15. The molecule has 2 aromatic rings. The van der Waals surface area contributed by atoms with E-state index in [-0.39, 0.29) is 38.8 Å². The fourth-order valence-electron chi connectivity index (χ4n) is 9.15.